The Morgan fingerprint density at radius 2 is 2.06 bits per heavy atom. The Hall–Kier alpha value is -1.84. The second-order valence-corrected chi connectivity index (χ2v) is 3.94. The minimum Gasteiger partial charge on any atom is -0.458 e. The van der Waals surface area contributed by atoms with Crippen molar-refractivity contribution in [3.05, 3.63) is 37.0 Å². The molecule has 0 aromatic carbocycles. The molecule has 18 heavy (non-hydrogen) atoms. The van der Waals surface area contributed by atoms with Gasteiger partial charge < -0.3 is 9.47 Å². The number of rotatable bonds is 5. The minimum absolute atomic E-state index is 0.129. The summed E-state index contributed by atoms with van der Waals surface area (Å²) in [5, 5.41) is 0. The predicted octanol–water partition coefficient (Wildman–Crippen LogP) is 2.31. The van der Waals surface area contributed by atoms with Crippen molar-refractivity contribution in [1.29, 1.82) is 0 Å². The molecule has 0 radical (unpaired) electrons. The van der Waals surface area contributed by atoms with E-state index in [1.807, 2.05) is 12.2 Å². The van der Waals surface area contributed by atoms with Gasteiger partial charge in [0, 0.05) is 12.2 Å². The van der Waals surface area contributed by atoms with Crippen LogP contribution in [0.2, 0.25) is 0 Å². The van der Waals surface area contributed by atoms with Crippen molar-refractivity contribution in [2.24, 2.45) is 0 Å². The average Bonchev–Trinajstić information content (AvgIpc) is 2.62. The molecule has 0 spiro atoms. The monoisotopic (exact) mass is 250 g/mol. The van der Waals surface area contributed by atoms with Crippen LogP contribution in [0, 0.1) is 0 Å². The molecule has 0 fully saturated rings. The Kier molecular flexibility index (Phi) is 6.54. The van der Waals surface area contributed by atoms with Crippen LogP contribution < -0.4 is 0 Å². The summed E-state index contributed by atoms with van der Waals surface area (Å²) < 4.78 is 9.87. The molecular weight excluding hydrogens is 232 g/mol. The fraction of sp³-hybridized carbons (Fsp3) is 0.429. The van der Waals surface area contributed by atoms with Crippen molar-refractivity contribution in [3.8, 4) is 0 Å². The van der Waals surface area contributed by atoms with E-state index in [-0.39, 0.29) is 12.7 Å². The maximum absolute atomic E-state index is 11.4. The van der Waals surface area contributed by atoms with Gasteiger partial charge in [0.2, 0.25) is 0 Å². The number of carbonyl (C=O) groups excluding carboxylic acids is 2. The standard InChI is InChI=1S/C14H18O4/c1-2-11-17-13(15)9-10-14(16)18-12-7-5-3-4-6-8-12/h2,5,7,9-10,12H,1,3-4,6,8,11H2/b10-9+. The molecular formula is C14H18O4. The van der Waals surface area contributed by atoms with Crippen molar-refractivity contribution in [2.45, 2.75) is 31.8 Å². The number of carbonyl (C=O) groups is 2. The lowest BCUT2D eigenvalue weighted by Gasteiger charge is -2.10. The van der Waals surface area contributed by atoms with E-state index in [2.05, 4.69) is 11.3 Å². The second kappa shape index (κ2) is 8.28. The summed E-state index contributed by atoms with van der Waals surface area (Å²) in [5.74, 6) is -1.11. The Balaban J connectivity index is 2.33. The highest BCUT2D eigenvalue weighted by Crippen LogP contribution is 2.14. The molecule has 0 heterocycles. The van der Waals surface area contributed by atoms with Crippen LogP contribution in [0.3, 0.4) is 0 Å². The molecule has 0 N–H and O–H groups in total. The average molecular weight is 250 g/mol. The number of allylic oxidation sites excluding steroid dienone is 1. The van der Waals surface area contributed by atoms with Gasteiger partial charge in [-0.05, 0) is 31.8 Å². The van der Waals surface area contributed by atoms with Crippen molar-refractivity contribution < 1.29 is 19.1 Å². The van der Waals surface area contributed by atoms with E-state index in [9.17, 15) is 9.59 Å². The topological polar surface area (TPSA) is 52.6 Å². The maximum atomic E-state index is 11.4. The molecule has 98 valence electrons. The van der Waals surface area contributed by atoms with Crippen molar-refractivity contribution in [1.82, 2.24) is 0 Å². The molecule has 0 aliphatic heterocycles. The van der Waals surface area contributed by atoms with Gasteiger partial charge in [-0.2, -0.15) is 0 Å². The molecule has 0 saturated carbocycles. The molecule has 1 unspecified atom stereocenters. The van der Waals surface area contributed by atoms with Crippen LogP contribution in [0.5, 0.6) is 0 Å². The summed E-state index contributed by atoms with van der Waals surface area (Å²) in [5.41, 5.74) is 0. The van der Waals surface area contributed by atoms with E-state index in [0.29, 0.717) is 0 Å². The summed E-state index contributed by atoms with van der Waals surface area (Å²) in [6, 6.07) is 0. The summed E-state index contributed by atoms with van der Waals surface area (Å²) in [4.78, 5) is 22.5. The lowest BCUT2D eigenvalue weighted by atomic mass is 10.2. The molecule has 0 aromatic heterocycles. The zero-order chi connectivity index (χ0) is 13.2. The normalized spacial score (nSPS) is 19.2. The van der Waals surface area contributed by atoms with Crippen LogP contribution in [0.15, 0.2) is 37.0 Å². The van der Waals surface area contributed by atoms with Gasteiger partial charge in [0.15, 0.2) is 0 Å². The Labute approximate surface area is 107 Å². The van der Waals surface area contributed by atoms with Crippen LogP contribution in [-0.4, -0.2) is 24.6 Å². The third-order valence-electron chi connectivity index (χ3n) is 2.43. The van der Waals surface area contributed by atoms with Crippen LogP contribution in [0.1, 0.15) is 25.7 Å². The molecule has 0 bridgehead atoms. The van der Waals surface area contributed by atoms with E-state index < -0.39 is 11.9 Å². The third-order valence-corrected chi connectivity index (χ3v) is 2.43. The van der Waals surface area contributed by atoms with Gasteiger partial charge >= 0.3 is 11.9 Å². The number of esters is 2. The smallest absolute Gasteiger partial charge is 0.331 e. The van der Waals surface area contributed by atoms with Gasteiger partial charge in [0.1, 0.15) is 12.7 Å². The lowest BCUT2D eigenvalue weighted by Crippen LogP contribution is -2.14. The highest BCUT2D eigenvalue weighted by Gasteiger charge is 2.11. The first-order valence-electron chi connectivity index (χ1n) is 6.05. The Morgan fingerprint density at radius 1 is 1.28 bits per heavy atom. The van der Waals surface area contributed by atoms with Crippen LogP contribution in [0.25, 0.3) is 0 Å². The first kappa shape index (κ1) is 14.2. The largest absolute Gasteiger partial charge is 0.458 e. The summed E-state index contributed by atoms with van der Waals surface area (Å²) in [6.07, 6.45) is 11.4. The predicted molar refractivity (Wildman–Crippen MR) is 67.8 cm³/mol. The number of hydrogen-bond acceptors (Lipinski definition) is 4. The Bertz CT molecular complexity index is 355. The molecule has 4 heteroatoms. The molecule has 1 aliphatic carbocycles. The van der Waals surface area contributed by atoms with Crippen molar-refractivity contribution in [2.75, 3.05) is 6.61 Å². The molecule has 0 amide bonds. The van der Waals surface area contributed by atoms with Crippen molar-refractivity contribution in [3.63, 3.8) is 0 Å². The van der Waals surface area contributed by atoms with Crippen molar-refractivity contribution >= 4 is 11.9 Å². The number of hydrogen-bond donors (Lipinski definition) is 0. The van der Waals surface area contributed by atoms with E-state index in [1.54, 1.807) is 0 Å². The van der Waals surface area contributed by atoms with Gasteiger partial charge in [-0.3, -0.25) is 0 Å². The van der Waals surface area contributed by atoms with E-state index in [4.69, 9.17) is 4.74 Å². The van der Waals surface area contributed by atoms with E-state index >= 15 is 0 Å². The van der Waals surface area contributed by atoms with Gasteiger partial charge in [0.05, 0.1) is 0 Å². The summed E-state index contributed by atoms with van der Waals surface area (Å²) >= 11 is 0. The highest BCUT2D eigenvalue weighted by atomic mass is 16.5. The molecule has 1 aliphatic rings. The SMILES string of the molecule is C=CCOC(=O)/C=C/C(=O)OC1C=CCCCC1. The van der Waals surface area contributed by atoms with E-state index in [1.165, 1.54) is 6.08 Å². The van der Waals surface area contributed by atoms with Gasteiger partial charge in [-0.25, -0.2) is 9.59 Å². The van der Waals surface area contributed by atoms with Gasteiger partial charge in [-0.15, -0.1) is 0 Å². The second-order valence-electron chi connectivity index (χ2n) is 3.94. The summed E-state index contributed by atoms with van der Waals surface area (Å²) in [6.45, 7) is 3.54. The zero-order valence-electron chi connectivity index (χ0n) is 10.3. The Morgan fingerprint density at radius 3 is 2.83 bits per heavy atom. The fourth-order valence-electron chi connectivity index (χ4n) is 1.56. The molecule has 1 atom stereocenters. The van der Waals surface area contributed by atoms with Crippen LogP contribution >= 0.6 is 0 Å². The maximum Gasteiger partial charge on any atom is 0.331 e. The first-order valence-corrected chi connectivity index (χ1v) is 6.05. The highest BCUT2D eigenvalue weighted by molar-refractivity contribution is 5.91. The quantitative estimate of drug-likeness (QED) is 0.427. The molecule has 0 aromatic rings. The minimum atomic E-state index is -0.580. The molecule has 0 saturated heterocycles. The third kappa shape index (κ3) is 6.03. The summed E-state index contributed by atoms with van der Waals surface area (Å²) in [7, 11) is 0. The molecule has 4 nitrogen and oxygen atoms in total. The number of ether oxygens (including phenoxy) is 2. The lowest BCUT2D eigenvalue weighted by molar-refractivity contribution is -0.142. The van der Waals surface area contributed by atoms with E-state index in [0.717, 1.165) is 37.8 Å². The fourth-order valence-corrected chi connectivity index (χ4v) is 1.56. The van der Waals surface area contributed by atoms with Gasteiger partial charge in [-0.1, -0.05) is 18.7 Å². The van der Waals surface area contributed by atoms with Crippen LogP contribution in [0.4, 0.5) is 0 Å². The zero-order valence-corrected chi connectivity index (χ0v) is 10.3. The first-order chi connectivity index (χ1) is 8.72. The van der Waals surface area contributed by atoms with Crippen LogP contribution in [-0.2, 0) is 19.1 Å². The van der Waals surface area contributed by atoms with Gasteiger partial charge in [0.25, 0.3) is 0 Å². The molecule has 1 rings (SSSR count).